The Hall–Kier alpha value is -1.68. The van der Waals surface area contributed by atoms with E-state index in [0.717, 1.165) is 16.9 Å². The van der Waals surface area contributed by atoms with Gasteiger partial charge in [-0.3, -0.25) is 9.48 Å². The molecule has 5 heteroatoms. The summed E-state index contributed by atoms with van der Waals surface area (Å²) in [6.45, 7) is 3.91. The molecule has 1 heterocycles. The maximum atomic E-state index is 12.2. The van der Waals surface area contributed by atoms with Gasteiger partial charge in [-0.25, -0.2) is 4.68 Å². The molecular formula is C13H16ClN3O. The van der Waals surface area contributed by atoms with Crippen molar-refractivity contribution in [2.45, 2.75) is 20.3 Å². The molecule has 0 saturated carbocycles. The lowest BCUT2D eigenvalue weighted by molar-refractivity contribution is 0.616. The quantitative estimate of drug-likeness (QED) is 0.906. The first kappa shape index (κ1) is 12.8. The summed E-state index contributed by atoms with van der Waals surface area (Å²) in [6, 6.07) is 5.47. The zero-order valence-corrected chi connectivity index (χ0v) is 11.5. The number of nitrogen functional groups attached to an aromatic ring is 1. The molecule has 96 valence electrons. The van der Waals surface area contributed by atoms with E-state index in [0.29, 0.717) is 17.1 Å². The summed E-state index contributed by atoms with van der Waals surface area (Å²) in [6.07, 6.45) is 0.712. The van der Waals surface area contributed by atoms with Crippen LogP contribution in [0, 0.1) is 6.92 Å². The van der Waals surface area contributed by atoms with Gasteiger partial charge in [-0.05, 0) is 31.0 Å². The van der Waals surface area contributed by atoms with Gasteiger partial charge in [0.15, 0.2) is 0 Å². The highest BCUT2D eigenvalue weighted by Gasteiger charge is 2.16. The molecule has 2 rings (SSSR count). The van der Waals surface area contributed by atoms with Crippen molar-refractivity contribution >= 4 is 17.3 Å². The highest BCUT2D eigenvalue weighted by Crippen LogP contribution is 2.20. The molecule has 0 aliphatic rings. The first-order chi connectivity index (χ1) is 8.47. The Bertz CT molecular complexity index is 655. The van der Waals surface area contributed by atoms with Crippen molar-refractivity contribution in [2.75, 3.05) is 5.73 Å². The third-order valence-corrected chi connectivity index (χ3v) is 3.39. The maximum absolute atomic E-state index is 12.2. The van der Waals surface area contributed by atoms with Crippen LogP contribution in [0.2, 0.25) is 5.02 Å². The fourth-order valence-corrected chi connectivity index (χ4v) is 2.34. The van der Waals surface area contributed by atoms with E-state index in [9.17, 15) is 4.79 Å². The fourth-order valence-electron chi connectivity index (χ4n) is 2.17. The Kier molecular flexibility index (Phi) is 3.22. The van der Waals surface area contributed by atoms with Crippen molar-refractivity contribution in [2.24, 2.45) is 7.05 Å². The molecule has 0 atom stereocenters. The molecule has 4 nitrogen and oxygen atoms in total. The van der Waals surface area contributed by atoms with Crippen LogP contribution in [0.3, 0.4) is 0 Å². The SMILES string of the molecule is CCc1c(N)c(=O)n(-c2cc(Cl)ccc2C)n1C. The molecule has 0 aliphatic heterocycles. The molecule has 0 aliphatic carbocycles. The number of aryl methyl sites for hydroxylation is 1. The smallest absolute Gasteiger partial charge is 0.294 e. The number of hydrogen-bond acceptors (Lipinski definition) is 2. The highest BCUT2D eigenvalue weighted by atomic mass is 35.5. The van der Waals surface area contributed by atoms with Crippen molar-refractivity contribution in [1.82, 2.24) is 9.36 Å². The van der Waals surface area contributed by atoms with Crippen LogP contribution in [0.5, 0.6) is 0 Å². The number of benzene rings is 1. The lowest BCUT2D eigenvalue weighted by Gasteiger charge is -2.11. The van der Waals surface area contributed by atoms with Gasteiger partial charge in [0.1, 0.15) is 5.69 Å². The molecule has 0 bridgehead atoms. The second kappa shape index (κ2) is 4.53. The number of nitrogens with zero attached hydrogens (tertiary/aromatic N) is 2. The van der Waals surface area contributed by atoms with Gasteiger partial charge >= 0.3 is 0 Å². The molecule has 1 aromatic heterocycles. The van der Waals surface area contributed by atoms with Crippen molar-refractivity contribution in [3.63, 3.8) is 0 Å². The molecule has 0 saturated heterocycles. The van der Waals surface area contributed by atoms with E-state index < -0.39 is 0 Å². The van der Waals surface area contributed by atoms with Crippen molar-refractivity contribution in [1.29, 1.82) is 0 Å². The predicted molar refractivity (Wildman–Crippen MR) is 74.5 cm³/mol. The summed E-state index contributed by atoms with van der Waals surface area (Å²) in [7, 11) is 1.83. The predicted octanol–water partition coefficient (Wildman–Crippen LogP) is 2.28. The fraction of sp³-hybridized carbons (Fsp3) is 0.308. The number of halogens is 1. The monoisotopic (exact) mass is 265 g/mol. The van der Waals surface area contributed by atoms with Crippen molar-refractivity contribution in [3.8, 4) is 5.69 Å². The van der Waals surface area contributed by atoms with E-state index in [1.54, 1.807) is 21.5 Å². The zero-order chi connectivity index (χ0) is 13.4. The lowest BCUT2D eigenvalue weighted by Crippen LogP contribution is -2.21. The summed E-state index contributed by atoms with van der Waals surface area (Å²) in [4.78, 5) is 12.2. The van der Waals surface area contributed by atoms with Crippen LogP contribution >= 0.6 is 11.6 Å². The molecular weight excluding hydrogens is 250 g/mol. The van der Waals surface area contributed by atoms with Crippen LogP contribution in [0.25, 0.3) is 5.69 Å². The van der Waals surface area contributed by atoms with Crippen LogP contribution < -0.4 is 11.3 Å². The number of anilines is 1. The molecule has 2 aromatic rings. The van der Waals surface area contributed by atoms with E-state index >= 15 is 0 Å². The normalized spacial score (nSPS) is 10.9. The largest absolute Gasteiger partial charge is 0.393 e. The second-order valence-corrected chi connectivity index (χ2v) is 4.72. The third kappa shape index (κ3) is 1.82. The summed E-state index contributed by atoms with van der Waals surface area (Å²) in [5.41, 5.74) is 8.54. The zero-order valence-electron chi connectivity index (χ0n) is 10.7. The topological polar surface area (TPSA) is 53.0 Å². The van der Waals surface area contributed by atoms with E-state index in [-0.39, 0.29) is 5.56 Å². The van der Waals surface area contributed by atoms with Crippen LogP contribution in [-0.4, -0.2) is 9.36 Å². The molecule has 2 N–H and O–H groups in total. The second-order valence-electron chi connectivity index (χ2n) is 4.29. The minimum absolute atomic E-state index is 0.195. The summed E-state index contributed by atoms with van der Waals surface area (Å²) < 4.78 is 3.35. The molecule has 0 fully saturated rings. The Morgan fingerprint density at radius 1 is 1.39 bits per heavy atom. The maximum Gasteiger partial charge on any atom is 0.294 e. The van der Waals surface area contributed by atoms with E-state index in [4.69, 9.17) is 17.3 Å². The first-order valence-corrected chi connectivity index (χ1v) is 6.18. The lowest BCUT2D eigenvalue weighted by atomic mass is 10.2. The Balaban J connectivity index is 2.80. The van der Waals surface area contributed by atoms with E-state index in [1.165, 1.54) is 0 Å². The molecule has 0 unspecified atom stereocenters. The summed E-state index contributed by atoms with van der Waals surface area (Å²) in [5.74, 6) is 0. The number of rotatable bonds is 2. The van der Waals surface area contributed by atoms with Crippen LogP contribution in [0.1, 0.15) is 18.2 Å². The number of aromatic nitrogens is 2. The van der Waals surface area contributed by atoms with Crippen LogP contribution in [-0.2, 0) is 13.5 Å². The van der Waals surface area contributed by atoms with Gasteiger partial charge in [-0.15, -0.1) is 0 Å². The van der Waals surface area contributed by atoms with Gasteiger partial charge in [0, 0.05) is 12.1 Å². The molecule has 0 spiro atoms. The van der Waals surface area contributed by atoms with Gasteiger partial charge in [0.2, 0.25) is 0 Å². The van der Waals surface area contributed by atoms with Gasteiger partial charge < -0.3 is 5.73 Å². The Morgan fingerprint density at radius 2 is 2.06 bits per heavy atom. The minimum atomic E-state index is -0.195. The average molecular weight is 266 g/mol. The van der Waals surface area contributed by atoms with Gasteiger partial charge in [0.05, 0.1) is 11.4 Å². The minimum Gasteiger partial charge on any atom is -0.393 e. The summed E-state index contributed by atoms with van der Waals surface area (Å²) in [5, 5.41) is 0.598. The first-order valence-electron chi connectivity index (χ1n) is 5.80. The molecule has 0 radical (unpaired) electrons. The van der Waals surface area contributed by atoms with E-state index in [1.807, 2.05) is 27.0 Å². The molecule has 0 amide bonds. The number of nitrogens with two attached hydrogens (primary N) is 1. The van der Waals surface area contributed by atoms with Gasteiger partial charge in [0.25, 0.3) is 5.56 Å². The van der Waals surface area contributed by atoms with E-state index in [2.05, 4.69) is 0 Å². The Labute approximate surface area is 111 Å². The standard InChI is InChI=1S/C13H16ClN3O/c1-4-10-12(15)13(18)17(16(10)3)11-7-9(14)6-5-8(11)2/h5-7H,4,15H2,1-3H3. The van der Waals surface area contributed by atoms with Crippen molar-refractivity contribution < 1.29 is 0 Å². The molecule has 18 heavy (non-hydrogen) atoms. The van der Waals surface area contributed by atoms with Gasteiger partial charge in [-0.2, -0.15) is 0 Å². The van der Waals surface area contributed by atoms with Crippen LogP contribution in [0.4, 0.5) is 5.69 Å². The van der Waals surface area contributed by atoms with Gasteiger partial charge in [-0.1, -0.05) is 24.6 Å². The average Bonchev–Trinajstić information content (AvgIpc) is 2.54. The molecule has 1 aromatic carbocycles. The number of hydrogen-bond donors (Lipinski definition) is 1. The van der Waals surface area contributed by atoms with Crippen molar-refractivity contribution in [3.05, 3.63) is 44.8 Å². The Morgan fingerprint density at radius 3 is 2.61 bits per heavy atom. The van der Waals surface area contributed by atoms with Crippen LogP contribution in [0.15, 0.2) is 23.0 Å². The summed E-state index contributed by atoms with van der Waals surface area (Å²) >= 11 is 6.00. The third-order valence-electron chi connectivity index (χ3n) is 3.16. The highest BCUT2D eigenvalue weighted by molar-refractivity contribution is 6.30.